The maximum Gasteiger partial charge on any atom is 0.219 e. The van der Waals surface area contributed by atoms with Gasteiger partial charge in [0.15, 0.2) is 0 Å². The minimum absolute atomic E-state index is 0.473. The van der Waals surface area contributed by atoms with Gasteiger partial charge in [-0.2, -0.15) is 0 Å². The molecular weight excluding hydrogens is 429 g/mol. The minimum atomic E-state index is -2.34. The van der Waals surface area contributed by atoms with Gasteiger partial charge in [-0.05, 0) is 33.7 Å². The summed E-state index contributed by atoms with van der Waals surface area (Å²) >= 11 is 5.84. The molecule has 156 valence electrons. The zero-order chi connectivity index (χ0) is 21.8. The first kappa shape index (κ1) is 20.6. The Morgan fingerprint density at radius 2 is 1.00 bits per heavy atom. The Hall–Kier alpha value is -3.26. The van der Waals surface area contributed by atoms with E-state index in [1.807, 2.05) is 36.4 Å². The van der Waals surface area contributed by atoms with Crippen molar-refractivity contribution in [1.29, 1.82) is 0 Å². The average Bonchev–Trinajstić information content (AvgIpc) is 3.22. The van der Waals surface area contributed by atoms with Crippen molar-refractivity contribution in [3.63, 3.8) is 0 Å². The highest BCUT2D eigenvalue weighted by atomic mass is 32.1. The van der Waals surface area contributed by atoms with Crippen molar-refractivity contribution in [3.8, 4) is 0 Å². The monoisotopic (exact) mass is 451 g/mol. The molecule has 32 heavy (non-hydrogen) atoms. The van der Waals surface area contributed by atoms with E-state index in [0.29, 0.717) is 17.4 Å². The van der Waals surface area contributed by atoms with Crippen molar-refractivity contribution in [2.75, 3.05) is 0 Å². The van der Waals surface area contributed by atoms with Crippen LogP contribution in [0.3, 0.4) is 0 Å². The second-order valence-electron chi connectivity index (χ2n) is 7.56. The van der Waals surface area contributed by atoms with Gasteiger partial charge < -0.3 is 4.74 Å². The van der Waals surface area contributed by atoms with E-state index in [-0.39, 0.29) is 0 Å². The third kappa shape index (κ3) is 3.75. The molecule has 0 amide bonds. The first-order valence-corrected chi connectivity index (χ1v) is 12.8. The smallest absolute Gasteiger partial charge is 0.219 e. The fourth-order valence-corrected chi connectivity index (χ4v) is 8.79. The highest BCUT2D eigenvalue weighted by Gasteiger charge is 2.35. The summed E-state index contributed by atoms with van der Waals surface area (Å²) in [5.74, 6) is 0.656. The summed E-state index contributed by atoms with van der Waals surface area (Å²) in [4.78, 5) is 5.09. The molecule has 0 aliphatic carbocycles. The number of aliphatic imine (C=N–C) groups is 1. The Kier molecular flexibility index (Phi) is 5.85. The highest BCUT2D eigenvalue weighted by molar-refractivity contribution is 7.98. The summed E-state index contributed by atoms with van der Waals surface area (Å²) in [5, 5.41) is 4.11. The normalized spacial score (nSPS) is 13.6. The summed E-state index contributed by atoms with van der Waals surface area (Å²) < 4.78 is 6.12. The van der Waals surface area contributed by atoms with Crippen molar-refractivity contribution in [3.05, 3.63) is 127 Å². The van der Waals surface area contributed by atoms with E-state index in [2.05, 4.69) is 84.9 Å². The number of benzene rings is 4. The summed E-state index contributed by atoms with van der Waals surface area (Å²) in [6.45, 7) is -2.34. The molecule has 2 nitrogen and oxygen atoms in total. The van der Waals surface area contributed by atoms with Crippen molar-refractivity contribution < 1.29 is 4.74 Å². The van der Waals surface area contributed by atoms with Crippen LogP contribution in [0.4, 0.5) is 0 Å². The van der Waals surface area contributed by atoms with E-state index < -0.39 is 6.89 Å². The summed E-state index contributed by atoms with van der Waals surface area (Å²) in [7, 11) is 0. The Morgan fingerprint density at radius 1 is 0.594 bits per heavy atom. The van der Waals surface area contributed by atoms with Gasteiger partial charge in [-0.3, -0.25) is 0 Å². The number of thiocarbonyl (C=S) groups is 1. The van der Waals surface area contributed by atoms with Crippen LogP contribution in [0, 0.1) is 0 Å². The molecule has 4 aromatic carbocycles. The maximum atomic E-state index is 6.12. The predicted molar refractivity (Wildman–Crippen MR) is 141 cm³/mol. The van der Waals surface area contributed by atoms with Crippen LogP contribution in [0.1, 0.15) is 5.56 Å². The topological polar surface area (TPSA) is 21.6 Å². The molecule has 0 aromatic heterocycles. The van der Waals surface area contributed by atoms with Gasteiger partial charge in [0.25, 0.3) is 0 Å². The lowest BCUT2D eigenvalue weighted by Gasteiger charge is -2.29. The molecule has 0 saturated heterocycles. The lowest BCUT2D eigenvalue weighted by atomic mass is 10.1. The lowest BCUT2D eigenvalue weighted by molar-refractivity contribution is 0.567. The minimum Gasteiger partial charge on any atom is -0.429 e. The maximum absolute atomic E-state index is 6.12. The number of hydrogen-bond donors (Lipinski definition) is 0. The first-order valence-electron chi connectivity index (χ1n) is 10.6. The zero-order valence-corrected chi connectivity index (χ0v) is 19.2. The Morgan fingerprint density at radius 3 is 1.44 bits per heavy atom. The van der Waals surface area contributed by atoms with Crippen molar-refractivity contribution in [2.45, 2.75) is 6.42 Å². The summed E-state index contributed by atoms with van der Waals surface area (Å²) in [6.07, 6.45) is 0.614. The third-order valence-corrected chi connectivity index (χ3v) is 10.2. The molecule has 0 bridgehead atoms. The second kappa shape index (κ2) is 9.08. The van der Waals surface area contributed by atoms with Gasteiger partial charge in [-0.15, -0.1) is 0 Å². The Labute approximate surface area is 194 Å². The number of hydrogen-bond acceptors (Lipinski definition) is 2. The van der Waals surface area contributed by atoms with Crippen LogP contribution < -0.4 is 15.9 Å². The van der Waals surface area contributed by atoms with Crippen LogP contribution in [0.2, 0.25) is 0 Å². The van der Waals surface area contributed by atoms with Crippen LogP contribution >= 0.6 is 19.1 Å². The van der Waals surface area contributed by atoms with Crippen LogP contribution in [0.15, 0.2) is 126 Å². The second-order valence-corrected chi connectivity index (χ2v) is 11.2. The molecule has 0 atom stereocenters. The van der Waals surface area contributed by atoms with Crippen LogP contribution in [0.25, 0.3) is 0 Å². The average molecular weight is 452 g/mol. The van der Waals surface area contributed by atoms with Crippen molar-refractivity contribution in [1.82, 2.24) is 0 Å². The van der Waals surface area contributed by atoms with Gasteiger partial charge in [-0.1, -0.05) is 121 Å². The molecule has 0 unspecified atom stereocenters. The molecule has 4 aromatic rings. The molecule has 0 spiro atoms. The quantitative estimate of drug-likeness (QED) is 0.311. The largest absolute Gasteiger partial charge is 0.429 e. The third-order valence-electron chi connectivity index (χ3n) is 5.57. The number of rotatable bonds is 5. The molecule has 1 aliphatic rings. The van der Waals surface area contributed by atoms with E-state index in [0.717, 1.165) is 11.0 Å². The summed E-state index contributed by atoms with van der Waals surface area (Å²) in [6, 6.07) is 42.0. The predicted octanol–water partition coefficient (Wildman–Crippen LogP) is 5.11. The standard InChI is InChI=1S/C28H22NOPS/c32-28-27(29-26(30-28)21-22-13-5-1-6-14-22)31(23-15-7-2-8-16-23,24-17-9-3-10-18-24)25-19-11-4-12-20-25/h1-20H,21H2. The highest BCUT2D eigenvalue weighted by Crippen LogP contribution is 2.47. The summed E-state index contributed by atoms with van der Waals surface area (Å²) in [5.41, 5.74) is 2.01. The van der Waals surface area contributed by atoms with Gasteiger partial charge >= 0.3 is 0 Å². The zero-order valence-electron chi connectivity index (χ0n) is 17.5. The fourth-order valence-electron chi connectivity index (χ4n) is 4.17. The van der Waals surface area contributed by atoms with E-state index in [4.69, 9.17) is 21.9 Å². The molecular formula is C28H22NOPS. The molecule has 4 heteroatoms. The Balaban J connectivity index is 1.84. The molecule has 1 aliphatic heterocycles. The number of ether oxygens (including phenoxy) is 1. The van der Waals surface area contributed by atoms with E-state index in [1.54, 1.807) is 0 Å². The lowest BCUT2D eigenvalue weighted by Crippen LogP contribution is -2.31. The van der Waals surface area contributed by atoms with Crippen LogP contribution in [0.5, 0.6) is 0 Å². The van der Waals surface area contributed by atoms with Crippen LogP contribution in [-0.4, -0.2) is 16.4 Å². The SMILES string of the molecule is S=C1OC(Cc2ccccc2)=NC1=P(c1ccccc1)(c1ccccc1)c1ccccc1. The molecule has 0 saturated carbocycles. The molecule has 1 heterocycles. The van der Waals surface area contributed by atoms with Gasteiger partial charge in [0.1, 0.15) is 5.42 Å². The molecule has 0 fully saturated rings. The van der Waals surface area contributed by atoms with E-state index in [1.165, 1.54) is 15.9 Å². The van der Waals surface area contributed by atoms with Crippen LogP contribution in [-0.2, 0) is 11.2 Å². The van der Waals surface area contributed by atoms with Gasteiger partial charge in [-0.25, -0.2) is 4.99 Å². The van der Waals surface area contributed by atoms with Crippen molar-refractivity contribution >= 4 is 51.4 Å². The first-order chi connectivity index (χ1) is 15.8. The molecule has 0 radical (unpaired) electrons. The number of nitrogens with zero attached hydrogens (tertiary/aromatic N) is 1. The fraction of sp³-hybridized carbons (Fsp3) is 0.0357. The van der Waals surface area contributed by atoms with Crippen molar-refractivity contribution in [2.24, 2.45) is 4.99 Å². The molecule has 0 N–H and O–H groups in total. The van der Waals surface area contributed by atoms with Gasteiger partial charge in [0.05, 0.1) is 0 Å². The van der Waals surface area contributed by atoms with Gasteiger partial charge in [0.2, 0.25) is 10.9 Å². The van der Waals surface area contributed by atoms with E-state index in [9.17, 15) is 0 Å². The van der Waals surface area contributed by atoms with E-state index >= 15 is 0 Å². The Bertz CT molecular complexity index is 1210. The van der Waals surface area contributed by atoms with Gasteiger partial charge in [0, 0.05) is 13.3 Å². The molecule has 5 rings (SSSR count).